The lowest BCUT2D eigenvalue weighted by Gasteiger charge is -2.28. The van der Waals surface area contributed by atoms with E-state index in [0.717, 1.165) is 5.52 Å². The van der Waals surface area contributed by atoms with Crippen LogP contribution in [0.3, 0.4) is 0 Å². The van der Waals surface area contributed by atoms with Gasteiger partial charge < -0.3 is 19.7 Å². The minimum atomic E-state index is -0.910. The molecule has 2 aromatic rings. The topological polar surface area (TPSA) is 97.6 Å². The molecule has 0 saturated heterocycles. The maximum atomic E-state index is 12.8. The van der Waals surface area contributed by atoms with Crippen LogP contribution in [0.4, 0.5) is 0 Å². The monoisotopic (exact) mass is 360 g/mol. The Morgan fingerprint density at radius 3 is 2.46 bits per heavy atom. The predicted molar refractivity (Wildman–Crippen MR) is 96.9 cm³/mol. The highest BCUT2D eigenvalue weighted by Crippen LogP contribution is 2.24. The number of carboxylic acid groups (broad SMARTS) is 1. The number of nitrogens with zero attached hydrogens (tertiary/aromatic N) is 1. The summed E-state index contributed by atoms with van der Waals surface area (Å²) in [6.45, 7) is 5.77. The number of carbonyl (C=O) groups excluding carboxylic acids is 2. The van der Waals surface area contributed by atoms with Gasteiger partial charge in [-0.3, -0.25) is 9.59 Å². The number of carbonyl (C=O) groups is 3. The van der Waals surface area contributed by atoms with Gasteiger partial charge in [-0.05, 0) is 11.5 Å². The third-order valence-corrected chi connectivity index (χ3v) is 4.18. The highest BCUT2D eigenvalue weighted by Gasteiger charge is 2.34. The van der Waals surface area contributed by atoms with Crippen molar-refractivity contribution >= 4 is 28.7 Å². The highest BCUT2D eigenvalue weighted by molar-refractivity contribution is 6.08. The van der Waals surface area contributed by atoms with E-state index in [2.05, 4.69) is 5.32 Å². The number of carboxylic acids is 1. The van der Waals surface area contributed by atoms with Gasteiger partial charge in [0.2, 0.25) is 0 Å². The van der Waals surface area contributed by atoms with Crippen LogP contribution >= 0.6 is 0 Å². The molecule has 2 N–H and O–H groups in total. The molecule has 1 aromatic carbocycles. The van der Waals surface area contributed by atoms with Crippen molar-refractivity contribution in [1.29, 1.82) is 0 Å². The van der Waals surface area contributed by atoms with E-state index in [1.807, 2.05) is 39.0 Å². The van der Waals surface area contributed by atoms with Gasteiger partial charge in [0, 0.05) is 23.6 Å². The Hall–Kier alpha value is -2.83. The van der Waals surface area contributed by atoms with Gasteiger partial charge in [0.05, 0.1) is 19.1 Å². The van der Waals surface area contributed by atoms with Crippen molar-refractivity contribution in [1.82, 2.24) is 9.88 Å². The second-order valence-electron chi connectivity index (χ2n) is 7.19. The Kier molecular flexibility index (Phi) is 5.69. The van der Waals surface area contributed by atoms with Crippen molar-refractivity contribution in [2.45, 2.75) is 39.8 Å². The molecule has 140 valence electrons. The molecule has 0 bridgehead atoms. The van der Waals surface area contributed by atoms with E-state index in [1.54, 1.807) is 16.8 Å². The second kappa shape index (κ2) is 7.59. The minimum absolute atomic E-state index is 0.0491. The molecular formula is C19H24N2O5. The van der Waals surface area contributed by atoms with Crippen molar-refractivity contribution in [2.75, 3.05) is 7.11 Å². The Bertz CT molecular complexity index is 832. The van der Waals surface area contributed by atoms with Gasteiger partial charge in [0.25, 0.3) is 5.91 Å². The zero-order chi connectivity index (χ0) is 19.5. The van der Waals surface area contributed by atoms with E-state index in [1.165, 1.54) is 7.11 Å². The summed E-state index contributed by atoms with van der Waals surface area (Å²) < 4.78 is 6.55. The molecule has 0 aliphatic rings. The van der Waals surface area contributed by atoms with Crippen molar-refractivity contribution in [3.8, 4) is 0 Å². The number of rotatable bonds is 6. The predicted octanol–water partition coefficient (Wildman–Crippen LogP) is 2.43. The molecule has 7 heteroatoms. The maximum absolute atomic E-state index is 12.8. The first kappa shape index (κ1) is 19.5. The van der Waals surface area contributed by atoms with E-state index >= 15 is 0 Å². The number of aromatic nitrogens is 1. The van der Waals surface area contributed by atoms with Gasteiger partial charge in [-0.15, -0.1) is 0 Å². The summed E-state index contributed by atoms with van der Waals surface area (Å²) in [5.74, 6) is -1.83. The Labute approximate surface area is 151 Å². The van der Waals surface area contributed by atoms with Crippen molar-refractivity contribution in [2.24, 2.45) is 5.41 Å². The SMILES string of the molecule is COC(=O)C(NC(=O)c1cn(CCC(=O)O)c2ccccc12)C(C)(C)C. The van der Waals surface area contributed by atoms with Gasteiger partial charge in [0.15, 0.2) is 0 Å². The van der Waals surface area contributed by atoms with Crippen LogP contribution in [0.1, 0.15) is 37.6 Å². The molecule has 0 aliphatic carbocycles. The fraction of sp³-hybridized carbons (Fsp3) is 0.421. The summed E-state index contributed by atoms with van der Waals surface area (Å²) in [4.78, 5) is 35.8. The first-order valence-corrected chi connectivity index (χ1v) is 8.33. The average molecular weight is 360 g/mol. The van der Waals surface area contributed by atoms with Crippen LogP contribution < -0.4 is 5.32 Å². The number of benzene rings is 1. The van der Waals surface area contributed by atoms with Gasteiger partial charge in [-0.1, -0.05) is 39.0 Å². The number of ether oxygens (including phenoxy) is 1. The first-order chi connectivity index (χ1) is 12.1. The number of hydrogen-bond donors (Lipinski definition) is 2. The molecular weight excluding hydrogens is 336 g/mol. The Balaban J connectivity index is 2.38. The number of aliphatic carboxylic acids is 1. The molecule has 0 saturated carbocycles. The summed E-state index contributed by atoms with van der Waals surface area (Å²) in [5.41, 5.74) is 0.637. The summed E-state index contributed by atoms with van der Waals surface area (Å²) in [5, 5.41) is 12.4. The fourth-order valence-corrected chi connectivity index (χ4v) is 2.78. The zero-order valence-electron chi connectivity index (χ0n) is 15.4. The third kappa shape index (κ3) is 4.22. The van der Waals surface area contributed by atoms with Crippen LogP contribution in [0.15, 0.2) is 30.5 Å². The minimum Gasteiger partial charge on any atom is -0.481 e. The molecule has 0 spiro atoms. The number of esters is 1. The van der Waals surface area contributed by atoms with E-state index in [4.69, 9.17) is 9.84 Å². The zero-order valence-corrected chi connectivity index (χ0v) is 15.4. The standard InChI is InChI=1S/C19H24N2O5/c1-19(2,3)16(18(25)26-4)20-17(24)13-11-21(10-9-15(22)23)14-8-6-5-7-12(13)14/h5-8,11,16H,9-10H2,1-4H3,(H,20,24)(H,22,23). The number of aryl methyl sites for hydroxylation is 1. The van der Waals surface area contributed by atoms with Crippen molar-refractivity contribution < 1.29 is 24.2 Å². The fourth-order valence-electron chi connectivity index (χ4n) is 2.78. The van der Waals surface area contributed by atoms with Crippen molar-refractivity contribution in [3.63, 3.8) is 0 Å². The summed E-state index contributed by atoms with van der Waals surface area (Å²) >= 11 is 0. The molecule has 1 atom stereocenters. The molecule has 0 aliphatic heterocycles. The van der Waals surface area contributed by atoms with E-state index in [9.17, 15) is 14.4 Å². The van der Waals surface area contributed by atoms with E-state index in [-0.39, 0.29) is 13.0 Å². The first-order valence-electron chi connectivity index (χ1n) is 8.33. The number of para-hydroxylation sites is 1. The summed E-state index contributed by atoms with van der Waals surface area (Å²) in [7, 11) is 1.28. The number of nitrogens with one attached hydrogen (secondary N) is 1. The lowest BCUT2D eigenvalue weighted by Crippen LogP contribution is -2.49. The molecule has 26 heavy (non-hydrogen) atoms. The molecule has 1 amide bonds. The second-order valence-corrected chi connectivity index (χ2v) is 7.19. The van der Waals surface area contributed by atoms with Crippen LogP contribution in [-0.2, 0) is 20.9 Å². The Morgan fingerprint density at radius 2 is 1.88 bits per heavy atom. The van der Waals surface area contributed by atoms with Gasteiger partial charge >= 0.3 is 11.9 Å². The van der Waals surface area contributed by atoms with Gasteiger partial charge in [-0.25, -0.2) is 4.79 Å². The molecule has 2 rings (SSSR count). The Morgan fingerprint density at radius 1 is 1.23 bits per heavy atom. The van der Waals surface area contributed by atoms with E-state index < -0.39 is 29.3 Å². The molecule has 7 nitrogen and oxygen atoms in total. The van der Waals surface area contributed by atoms with Crippen LogP contribution in [0.25, 0.3) is 10.9 Å². The van der Waals surface area contributed by atoms with Gasteiger partial charge in [0.1, 0.15) is 6.04 Å². The number of amides is 1. The van der Waals surface area contributed by atoms with Crippen molar-refractivity contribution in [3.05, 3.63) is 36.0 Å². The lowest BCUT2D eigenvalue weighted by molar-refractivity contribution is -0.145. The smallest absolute Gasteiger partial charge is 0.328 e. The molecule has 1 heterocycles. The largest absolute Gasteiger partial charge is 0.481 e. The van der Waals surface area contributed by atoms with Crippen LogP contribution in [-0.4, -0.2) is 40.7 Å². The number of hydrogen-bond acceptors (Lipinski definition) is 4. The normalized spacial score (nSPS) is 12.6. The molecule has 1 aromatic heterocycles. The molecule has 0 radical (unpaired) electrons. The van der Waals surface area contributed by atoms with Crippen LogP contribution in [0.5, 0.6) is 0 Å². The number of methoxy groups -OCH3 is 1. The molecule has 1 unspecified atom stereocenters. The highest BCUT2D eigenvalue weighted by atomic mass is 16.5. The summed E-state index contributed by atoms with van der Waals surface area (Å²) in [6.07, 6.45) is 1.58. The third-order valence-electron chi connectivity index (χ3n) is 4.18. The molecule has 0 fully saturated rings. The lowest BCUT2D eigenvalue weighted by atomic mass is 9.86. The summed E-state index contributed by atoms with van der Waals surface area (Å²) in [6, 6.07) is 6.46. The quantitative estimate of drug-likeness (QED) is 0.771. The average Bonchev–Trinajstić information content (AvgIpc) is 2.95. The maximum Gasteiger partial charge on any atom is 0.328 e. The van der Waals surface area contributed by atoms with Crippen LogP contribution in [0.2, 0.25) is 0 Å². The van der Waals surface area contributed by atoms with E-state index in [0.29, 0.717) is 10.9 Å². The van der Waals surface area contributed by atoms with Gasteiger partial charge in [-0.2, -0.15) is 0 Å². The number of fused-ring (bicyclic) bond motifs is 1. The van der Waals surface area contributed by atoms with Crippen LogP contribution in [0, 0.1) is 5.41 Å².